The number of aryl methyl sites for hydroxylation is 1. The van der Waals surface area contributed by atoms with Crippen molar-refractivity contribution in [3.05, 3.63) is 52.2 Å². The number of fused-ring (bicyclic) bond motifs is 3. The summed E-state index contributed by atoms with van der Waals surface area (Å²) in [6, 6.07) is 8.32. The van der Waals surface area contributed by atoms with Gasteiger partial charge in [-0.25, -0.2) is 0 Å². The molecule has 1 aromatic carbocycles. The molecule has 4 nitrogen and oxygen atoms in total. The molecule has 0 amide bonds. The van der Waals surface area contributed by atoms with Gasteiger partial charge >= 0.3 is 5.97 Å². The van der Waals surface area contributed by atoms with Gasteiger partial charge in [-0.1, -0.05) is 41.4 Å². The molecule has 0 fully saturated rings. The third-order valence-electron chi connectivity index (χ3n) is 4.39. The lowest BCUT2D eigenvalue weighted by molar-refractivity contribution is -0.133. The highest BCUT2D eigenvalue weighted by atomic mass is 35.5. The van der Waals surface area contributed by atoms with Crippen LogP contribution in [0, 0.1) is 6.92 Å². The van der Waals surface area contributed by atoms with E-state index in [1.807, 2.05) is 13.1 Å². The second-order valence-electron chi connectivity index (χ2n) is 6.34. The van der Waals surface area contributed by atoms with E-state index in [9.17, 15) is 4.79 Å². The van der Waals surface area contributed by atoms with Crippen LogP contribution in [-0.4, -0.2) is 40.0 Å². The first kappa shape index (κ1) is 18.1. The molecule has 0 radical (unpaired) electrons. The summed E-state index contributed by atoms with van der Waals surface area (Å²) in [4.78, 5) is 17.8. The van der Waals surface area contributed by atoms with Crippen molar-refractivity contribution >= 4 is 40.6 Å². The number of carboxylic acids is 1. The number of nitrogens with zero attached hydrogens (tertiary/aromatic N) is 2. The van der Waals surface area contributed by atoms with E-state index in [1.54, 1.807) is 0 Å². The highest BCUT2D eigenvalue weighted by Crippen LogP contribution is 2.36. The molecule has 3 rings (SSSR count). The molecule has 1 unspecified atom stereocenters. The van der Waals surface area contributed by atoms with E-state index >= 15 is 0 Å². The van der Waals surface area contributed by atoms with Crippen molar-refractivity contribution in [3.8, 4) is 0 Å². The lowest BCUT2D eigenvalue weighted by Crippen LogP contribution is -2.27. The van der Waals surface area contributed by atoms with Gasteiger partial charge in [0.15, 0.2) is 5.50 Å². The third-order valence-corrected chi connectivity index (χ3v) is 5.87. The van der Waals surface area contributed by atoms with Crippen molar-refractivity contribution in [1.82, 2.24) is 4.90 Å². The van der Waals surface area contributed by atoms with Crippen molar-refractivity contribution in [1.29, 1.82) is 0 Å². The number of carbonyl (C=O) groups is 1. The molecule has 0 aromatic heterocycles. The molecule has 1 N–H and O–H groups in total. The van der Waals surface area contributed by atoms with Crippen LogP contribution in [-0.2, 0) is 4.79 Å². The normalized spacial score (nSPS) is 20.6. The maximum Gasteiger partial charge on any atom is 0.313 e. The minimum atomic E-state index is -0.823. The van der Waals surface area contributed by atoms with Gasteiger partial charge in [0.25, 0.3) is 0 Å². The van der Waals surface area contributed by atoms with Gasteiger partial charge in [-0.2, -0.15) is 0 Å². The van der Waals surface area contributed by atoms with E-state index in [0.717, 1.165) is 40.4 Å². The van der Waals surface area contributed by atoms with Crippen molar-refractivity contribution in [2.45, 2.75) is 31.7 Å². The van der Waals surface area contributed by atoms with Gasteiger partial charge in [0.05, 0.1) is 5.75 Å². The topological polar surface area (TPSA) is 52.9 Å². The minimum absolute atomic E-state index is 0.0327. The van der Waals surface area contributed by atoms with Crippen molar-refractivity contribution < 1.29 is 9.90 Å². The zero-order valence-electron chi connectivity index (χ0n) is 14.3. The third kappa shape index (κ3) is 4.28. The quantitative estimate of drug-likeness (QED) is 0.840. The Bertz CT molecular complexity index is 785. The molecule has 1 aliphatic heterocycles. The average molecular weight is 377 g/mol. The van der Waals surface area contributed by atoms with Gasteiger partial charge < -0.3 is 10.0 Å². The number of halogens is 1. The first-order valence-electron chi connectivity index (χ1n) is 8.22. The maximum absolute atomic E-state index is 10.9. The molecule has 25 heavy (non-hydrogen) atoms. The number of carboxylic acid groups (broad SMARTS) is 1. The van der Waals surface area contributed by atoms with E-state index in [4.69, 9.17) is 21.7 Å². The molecule has 6 heteroatoms. The fourth-order valence-corrected chi connectivity index (χ4v) is 4.26. The summed E-state index contributed by atoms with van der Waals surface area (Å²) in [6.07, 6.45) is 4.51. The molecule has 0 saturated heterocycles. The summed E-state index contributed by atoms with van der Waals surface area (Å²) in [7, 11) is 1.98. The SMILES string of the molecule is Cc1cccc(C2=C(Cl)CC3=NC(SCC(=O)O)N(C)C(=C2)CC3)c1. The van der Waals surface area contributed by atoms with Crippen LogP contribution in [0.4, 0.5) is 0 Å². The molecule has 1 aromatic rings. The first-order chi connectivity index (χ1) is 11.9. The Kier molecular flexibility index (Phi) is 5.54. The number of allylic oxidation sites excluding steroid dienone is 4. The number of hydrogen-bond acceptors (Lipinski definition) is 4. The first-order valence-corrected chi connectivity index (χ1v) is 9.65. The number of aliphatic imine (C=N–C) groups is 1. The zero-order chi connectivity index (χ0) is 18.0. The molecule has 1 atom stereocenters. The Labute approximate surface area is 157 Å². The monoisotopic (exact) mass is 376 g/mol. The van der Waals surface area contributed by atoms with Gasteiger partial charge in [0, 0.05) is 29.9 Å². The molecule has 2 bridgehead atoms. The molecule has 0 saturated carbocycles. The number of thioether (sulfide) groups is 1. The fourth-order valence-electron chi connectivity index (χ4n) is 3.07. The van der Waals surface area contributed by atoms with Crippen LogP contribution < -0.4 is 0 Å². The summed E-state index contributed by atoms with van der Waals surface area (Å²) in [5.74, 6) is -0.790. The molecule has 0 spiro atoms. The Morgan fingerprint density at radius 2 is 2.24 bits per heavy atom. The second kappa shape index (κ2) is 7.67. The lowest BCUT2D eigenvalue weighted by atomic mass is 9.96. The summed E-state index contributed by atoms with van der Waals surface area (Å²) < 4.78 is 0. The van der Waals surface area contributed by atoms with Gasteiger partial charge in [-0.15, -0.1) is 11.8 Å². The number of benzene rings is 1. The highest BCUT2D eigenvalue weighted by molar-refractivity contribution is 8.00. The van der Waals surface area contributed by atoms with Gasteiger partial charge in [-0.05, 0) is 37.0 Å². The Morgan fingerprint density at radius 1 is 1.44 bits per heavy atom. The zero-order valence-corrected chi connectivity index (χ0v) is 15.9. The number of hydrogen-bond donors (Lipinski definition) is 1. The number of rotatable bonds is 4. The number of aliphatic carboxylic acids is 1. The molecule has 2 aliphatic rings. The van der Waals surface area contributed by atoms with E-state index in [-0.39, 0.29) is 11.3 Å². The summed E-state index contributed by atoms with van der Waals surface area (Å²) in [5, 5.41) is 9.78. The largest absolute Gasteiger partial charge is 0.481 e. The fraction of sp³-hybridized carbons (Fsp3) is 0.368. The van der Waals surface area contributed by atoms with E-state index in [2.05, 4.69) is 36.1 Å². The van der Waals surface area contributed by atoms with Crippen LogP contribution in [0.1, 0.15) is 30.4 Å². The van der Waals surface area contributed by atoms with Gasteiger partial charge in [-0.3, -0.25) is 9.79 Å². The second-order valence-corrected chi connectivity index (χ2v) is 7.84. The molecular formula is C19H21ClN2O2S. The van der Waals surface area contributed by atoms with Crippen molar-refractivity contribution in [3.63, 3.8) is 0 Å². The molecule has 1 aliphatic carbocycles. The molecular weight excluding hydrogens is 356 g/mol. The molecule has 132 valence electrons. The highest BCUT2D eigenvalue weighted by Gasteiger charge is 2.26. The summed E-state index contributed by atoms with van der Waals surface area (Å²) in [6.45, 7) is 2.07. The van der Waals surface area contributed by atoms with Crippen LogP contribution in [0.2, 0.25) is 0 Å². The summed E-state index contributed by atoms with van der Waals surface area (Å²) in [5.41, 5.74) is 5.28. The molecule has 1 heterocycles. The van der Waals surface area contributed by atoms with Crippen molar-refractivity contribution in [2.75, 3.05) is 12.8 Å². The Balaban J connectivity index is 2.00. The van der Waals surface area contributed by atoms with Gasteiger partial charge in [0.1, 0.15) is 0 Å². The average Bonchev–Trinajstić information content (AvgIpc) is 2.66. The smallest absolute Gasteiger partial charge is 0.313 e. The van der Waals surface area contributed by atoms with Crippen molar-refractivity contribution in [2.24, 2.45) is 4.99 Å². The van der Waals surface area contributed by atoms with Crippen LogP contribution in [0.25, 0.3) is 5.57 Å². The Hall–Kier alpha value is -1.72. The van der Waals surface area contributed by atoms with E-state index in [1.165, 1.54) is 17.3 Å². The predicted molar refractivity (Wildman–Crippen MR) is 105 cm³/mol. The van der Waals surface area contributed by atoms with E-state index in [0.29, 0.717) is 6.42 Å². The van der Waals surface area contributed by atoms with Gasteiger partial charge in [0.2, 0.25) is 0 Å². The summed E-state index contributed by atoms with van der Waals surface area (Å²) >= 11 is 8.00. The maximum atomic E-state index is 10.9. The van der Waals surface area contributed by atoms with Crippen LogP contribution >= 0.6 is 23.4 Å². The minimum Gasteiger partial charge on any atom is -0.481 e. The van der Waals surface area contributed by atoms with Crippen LogP contribution in [0.5, 0.6) is 0 Å². The van der Waals surface area contributed by atoms with Crippen LogP contribution in [0.3, 0.4) is 0 Å². The van der Waals surface area contributed by atoms with E-state index < -0.39 is 5.97 Å². The lowest BCUT2D eigenvalue weighted by Gasteiger charge is -2.27. The predicted octanol–water partition coefficient (Wildman–Crippen LogP) is 4.50. The van der Waals surface area contributed by atoms with Crippen LogP contribution in [0.15, 0.2) is 46.1 Å². The standard InChI is InChI=1S/C19H21ClN2O2S/c1-12-4-3-5-13(8-12)16-10-15-7-6-14(9-17(16)20)21-19(22(15)2)25-11-18(23)24/h3-5,8,10,19H,6-7,9,11H2,1-2H3,(H,23,24). The Morgan fingerprint density at radius 3 is 2.96 bits per heavy atom.